The van der Waals surface area contributed by atoms with Crippen molar-refractivity contribution in [1.29, 1.82) is 0 Å². The zero-order valence-corrected chi connectivity index (χ0v) is 16.1. The van der Waals surface area contributed by atoms with Crippen LogP contribution < -0.4 is 20.8 Å². The number of halogens is 3. The highest BCUT2D eigenvalue weighted by molar-refractivity contribution is 5.62. The molecule has 2 aliphatic rings. The maximum atomic E-state index is 12.6. The first-order valence-corrected chi connectivity index (χ1v) is 9.17. The van der Waals surface area contributed by atoms with Crippen LogP contribution in [0.15, 0.2) is 42.4 Å². The van der Waals surface area contributed by atoms with Gasteiger partial charge in [-0.05, 0) is 30.7 Å². The molecule has 2 aliphatic heterocycles. The molecule has 0 spiro atoms. The normalized spacial score (nSPS) is 27.7. The molecule has 0 saturated heterocycles. The first kappa shape index (κ1) is 20.3. The average molecular weight is 399 g/mol. The zero-order chi connectivity index (χ0) is 20.6. The Morgan fingerprint density at radius 2 is 2.14 bits per heavy atom. The van der Waals surface area contributed by atoms with Gasteiger partial charge in [0.15, 0.2) is 11.4 Å². The Balaban J connectivity index is 1.88. The molecule has 0 amide bonds. The van der Waals surface area contributed by atoms with Crippen molar-refractivity contribution >= 4 is 5.70 Å². The van der Waals surface area contributed by atoms with Crippen molar-refractivity contribution in [3.8, 4) is 5.75 Å². The van der Waals surface area contributed by atoms with Gasteiger partial charge < -0.3 is 20.5 Å². The van der Waals surface area contributed by atoms with Crippen molar-refractivity contribution in [2.45, 2.75) is 44.8 Å². The van der Waals surface area contributed by atoms with Crippen LogP contribution in [0.5, 0.6) is 5.75 Å². The molecule has 0 aliphatic carbocycles. The summed E-state index contributed by atoms with van der Waals surface area (Å²) < 4.78 is 42.1. The molecule has 28 heavy (non-hydrogen) atoms. The molecule has 3 rings (SSSR count). The fraction of sp³-hybridized carbons (Fsp3) is 0.474. The molecule has 2 heterocycles. The Morgan fingerprint density at radius 1 is 1.39 bits per heavy atom. The van der Waals surface area contributed by atoms with E-state index in [1.54, 1.807) is 6.07 Å². The number of hydrogen-bond donors (Lipinski definition) is 4. The van der Waals surface area contributed by atoms with Crippen LogP contribution >= 0.6 is 0 Å². The van der Waals surface area contributed by atoms with Crippen molar-refractivity contribution in [2.24, 2.45) is 0 Å². The van der Waals surface area contributed by atoms with Crippen molar-refractivity contribution in [1.82, 2.24) is 16.1 Å². The highest BCUT2D eigenvalue weighted by Gasteiger charge is 2.54. The van der Waals surface area contributed by atoms with E-state index in [2.05, 4.69) is 20.8 Å². The molecular weight excluding hydrogens is 373 g/mol. The van der Waals surface area contributed by atoms with E-state index in [1.807, 2.05) is 33.2 Å². The summed E-state index contributed by atoms with van der Waals surface area (Å²) in [5, 5.41) is 16.1. The number of fused-ring (bicyclic) bond motifs is 1. The molecule has 3 atom stereocenters. The van der Waals surface area contributed by atoms with E-state index in [0.717, 1.165) is 17.9 Å². The molecule has 3 unspecified atom stereocenters. The monoisotopic (exact) mass is 399 g/mol. The Hall–Kier alpha value is -2.39. The summed E-state index contributed by atoms with van der Waals surface area (Å²) in [5.74, 6) is 0.515. The maximum absolute atomic E-state index is 12.6. The number of aliphatic hydroxyl groups is 1. The van der Waals surface area contributed by atoms with E-state index in [1.165, 1.54) is 18.2 Å². The summed E-state index contributed by atoms with van der Waals surface area (Å²) in [7, 11) is 1.96. The van der Waals surface area contributed by atoms with Crippen LogP contribution in [-0.2, 0) is 0 Å². The van der Waals surface area contributed by atoms with Crippen molar-refractivity contribution in [3.05, 3.63) is 47.9 Å². The standard InChI is InChI=1S/C19H26F3N4O2/c1-4-14(12-27)24-17-8-9-18(2)23-11-16(26(18,3)25-17)13-6-5-7-15(10-13)28-19(20,21)22/h5-8,10-11,14,23-25,27H,4,9,12H2,1-3H3/q+1. The van der Waals surface area contributed by atoms with Gasteiger partial charge in [0.25, 0.3) is 0 Å². The largest absolute Gasteiger partial charge is 0.573 e. The number of alkyl halides is 3. The molecule has 6 nitrogen and oxygen atoms in total. The van der Waals surface area contributed by atoms with Crippen LogP contribution in [0.25, 0.3) is 5.70 Å². The second-order valence-electron chi connectivity index (χ2n) is 7.40. The van der Waals surface area contributed by atoms with E-state index in [0.29, 0.717) is 12.0 Å². The lowest BCUT2D eigenvalue weighted by atomic mass is 10.0. The van der Waals surface area contributed by atoms with Crippen LogP contribution in [0.2, 0.25) is 0 Å². The summed E-state index contributed by atoms with van der Waals surface area (Å²) >= 11 is 0. The topological polar surface area (TPSA) is 65.5 Å². The Bertz CT molecular complexity index is 792. The van der Waals surface area contributed by atoms with Crippen molar-refractivity contribution in [3.63, 3.8) is 0 Å². The van der Waals surface area contributed by atoms with Gasteiger partial charge in [0.1, 0.15) is 11.6 Å². The molecule has 0 bridgehead atoms. The number of nitrogens with zero attached hydrogens (tertiary/aromatic N) is 1. The predicted molar refractivity (Wildman–Crippen MR) is 99.0 cm³/mol. The maximum Gasteiger partial charge on any atom is 0.573 e. The number of aliphatic hydroxyl groups excluding tert-OH is 1. The molecule has 0 saturated carbocycles. The number of quaternary nitrogens is 1. The van der Waals surface area contributed by atoms with Crippen molar-refractivity contribution in [2.75, 3.05) is 13.7 Å². The first-order chi connectivity index (χ1) is 13.1. The third kappa shape index (κ3) is 3.77. The van der Waals surface area contributed by atoms with Gasteiger partial charge in [0.2, 0.25) is 0 Å². The van der Waals surface area contributed by atoms with Gasteiger partial charge in [-0.25, -0.2) is 5.43 Å². The summed E-state index contributed by atoms with van der Waals surface area (Å²) in [5.41, 5.74) is 4.41. The lowest BCUT2D eigenvalue weighted by molar-refractivity contribution is -0.930. The highest BCUT2D eigenvalue weighted by Crippen LogP contribution is 2.41. The lowest BCUT2D eigenvalue weighted by Gasteiger charge is -2.47. The minimum atomic E-state index is -4.74. The molecule has 9 heteroatoms. The molecule has 0 fully saturated rings. The van der Waals surface area contributed by atoms with E-state index < -0.39 is 12.0 Å². The Morgan fingerprint density at radius 3 is 2.79 bits per heavy atom. The van der Waals surface area contributed by atoms with Gasteiger partial charge in [-0.15, -0.1) is 13.2 Å². The Labute approximate surface area is 162 Å². The zero-order valence-electron chi connectivity index (χ0n) is 16.1. The number of rotatable bonds is 6. The van der Waals surface area contributed by atoms with E-state index >= 15 is 0 Å². The first-order valence-electron chi connectivity index (χ1n) is 9.17. The smallest absolute Gasteiger partial charge is 0.406 e. The molecule has 1 aromatic carbocycles. The summed E-state index contributed by atoms with van der Waals surface area (Å²) in [6.07, 6.45) is 0.537. The van der Waals surface area contributed by atoms with Gasteiger partial charge in [-0.2, -0.15) is 4.59 Å². The van der Waals surface area contributed by atoms with Crippen LogP contribution in [-0.4, -0.2) is 41.4 Å². The molecule has 0 aromatic heterocycles. The fourth-order valence-electron chi connectivity index (χ4n) is 3.54. The van der Waals surface area contributed by atoms with Gasteiger partial charge in [0.05, 0.1) is 25.9 Å². The molecule has 1 aromatic rings. The second-order valence-corrected chi connectivity index (χ2v) is 7.40. The van der Waals surface area contributed by atoms with Crippen molar-refractivity contribution < 1.29 is 27.6 Å². The SMILES string of the molecule is CCC(CO)NC1=CCC2(C)NC=C(c3cccc(OC(F)(F)F)c3)[N+]2(C)N1. The second kappa shape index (κ2) is 7.21. The van der Waals surface area contributed by atoms with Crippen LogP contribution in [0.1, 0.15) is 32.3 Å². The summed E-state index contributed by atoms with van der Waals surface area (Å²) in [4.78, 5) is 0. The van der Waals surface area contributed by atoms with Gasteiger partial charge >= 0.3 is 6.36 Å². The fourth-order valence-corrected chi connectivity index (χ4v) is 3.54. The van der Waals surface area contributed by atoms with Gasteiger partial charge in [-0.1, -0.05) is 13.0 Å². The molecule has 4 N–H and O–H groups in total. The third-order valence-corrected chi connectivity index (χ3v) is 5.47. The quantitative estimate of drug-likeness (QED) is 0.554. The van der Waals surface area contributed by atoms with Crippen LogP contribution in [0.3, 0.4) is 0 Å². The van der Waals surface area contributed by atoms with E-state index in [9.17, 15) is 18.3 Å². The number of nitrogens with one attached hydrogen (secondary N) is 3. The Kier molecular flexibility index (Phi) is 5.24. The van der Waals surface area contributed by atoms with Crippen LogP contribution in [0.4, 0.5) is 13.2 Å². The van der Waals surface area contributed by atoms with E-state index in [4.69, 9.17) is 0 Å². The average Bonchev–Trinajstić information content (AvgIpc) is 2.89. The summed E-state index contributed by atoms with van der Waals surface area (Å²) in [6, 6.07) is 5.87. The van der Waals surface area contributed by atoms with Gasteiger partial charge in [-0.3, -0.25) is 0 Å². The number of benzene rings is 1. The van der Waals surface area contributed by atoms with E-state index in [-0.39, 0.29) is 23.0 Å². The highest BCUT2D eigenvalue weighted by atomic mass is 19.4. The number of ether oxygens (including phenoxy) is 1. The lowest BCUT2D eigenvalue weighted by Crippen LogP contribution is -2.70. The molecule has 0 radical (unpaired) electrons. The molecular formula is C19H26F3N4O2+. The third-order valence-electron chi connectivity index (χ3n) is 5.47. The minimum Gasteiger partial charge on any atom is -0.406 e. The molecule has 154 valence electrons. The summed E-state index contributed by atoms with van der Waals surface area (Å²) in [6.45, 7) is 4.02. The minimum absolute atomic E-state index is 0.00821. The predicted octanol–water partition coefficient (Wildman–Crippen LogP) is 2.76. The van der Waals surface area contributed by atoms with Gasteiger partial charge in [0, 0.05) is 18.9 Å². The van der Waals surface area contributed by atoms with Crippen LogP contribution in [0, 0.1) is 0 Å². The number of hydrogen-bond acceptors (Lipinski definition) is 5.